The number of halogens is 1. The number of hydrogen-bond acceptors (Lipinski definition) is 6. The Labute approximate surface area is 192 Å². The molecule has 2 fully saturated rings. The Hall–Kier alpha value is -2.62. The van der Waals surface area contributed by atoms with Crippen LogP contribution in [0.4, 0.5) is 10.5 Å². The lowest BCUT2D eigenvalue weighted by Crippen LogP contribution is -2.43. The van der Waals surface area contributed by atoms with Crippen molar-refractivity contribution >= 4 is 56.5 Å². The SMILES string of the molecule is O=C(COc1ccc(/C=C2\SC(=O)N(c3ccccc3)C2=O)cc1Br)N1CCOCC1. The molecule has 0 spiro atoms. The Kier molecular flexibility index (Phi) is 6.74. The monoisotopic (exact) mass is 502 g/mol. The van der Waals surface area contributed by atoms with E-state index in [4.69, 9.17) is 9.47 Å². The van der Waals surface area contributed by atoms with Gasteiger partial charge in [0.1, 0.15) is 5.75 Å². The van der Waals surface area contributed by atoms with Gasteiger partial charge >= 0.3 is 0 Å². The maximum absolute atomic E-state index is 12.7. The highest BCUT2D eigenvalue weighted by molar-refractivity contribution is 9.10. The molecule has 2 aliphatic heterocycles. The molecule has 2 aliphatic rings. The molecular formula is C22H19BrN2O5S. The van der Waals surface area contributed by atoms with Crippen molar-refractivity contribution < 1.29 is 23.9 Å². The van der Waals surface area contributed by atoms with Crippen molar-refractivity contribution in [2.75, 3.05) is 37.8 Å². The van der Waals surface area contributed by atoms with Crippen molar-refractivity contribution in [1.82, 2.24) is 4.90 Å². The summed E-state index contributed by atoms with van der Waals surface area (Å²) >= 11 is 4.35. The summed E-state index contributed by atoms with van der Waals surface area (Å²) in [5.41, 5.74) is 1.28. The van der Waals surface area contributed by atoms with E-state index >= 15 is 0 Å². The van der Waals surface area contributed by atoms with E-state index in [1.54, 1.807) is 53.4 Å². The van der Waals surface area contributed by atoms with Gasteiger partial charge in [0.25, 0.3) is 17.1 Å². The van der Waals surface area contributed by atoms with E-state index in [1.165, 1.54) is 4.90 Å². The first-order valence-electron chi connectivity index (χ1n) is 9.64. The number of carbonyl (C=O) groups is 3. The molecule has 3 amide bonds. The molecule has 0 atom stereocenters. The number of thioether (sulfide) groups is 1. The fourth-order valence-electron chi connectivity index (χ4n) is 3.19. The van der Waals surface area contributed by atoms with Crippen LogP contribution in [0.25, 0.3) is 6.08 Å². The fourth-order valence-corrected chi connectivity index (χ4v) is 4.54. The van der Waals surface area contributed by atoms with Gasteiger partial charge in [0.2, 0.25) is 0 Å². The van der Waals surface area contributed by atoms with E-state index in [0.29, 0.717) is 47.1 Å². The first-order valence-corrected chi connectivity index (χ1v) is 11.2. The second kappa shape index (κ2) is 9.67. The number of nitrogens with zero attached hydrogens (tertiary/aromatic N) is 2. The summed E-state index contributed by atoms with van der Waals surface area (Å²) in [7, 11) is 0. The van der Waals surface area contributed by atoms with Crippen LogP contribution in [-0.4, -0.2) is 54.9 Å². The van der Waals surface area contributed by atoms with Gasteiger partial charge in [0, 0.05) is 13.1 Å². The van der Waals surface area contributed by atoms with Crippen LogP contribution >= 0.6 is 27.7 Å². The molecule has 0 aliphatic carbocycles. The quantitative estimate of drug-likeness (QED) is 0.576. The van der Waals surface area contributed by atoms with Crippen molar-refractivity contribution in [2.45, 2.75) is 0 Å². The average molecular weight is 503 g/mol. The Bertz CT molecular complexity index is 1040. The normalized spacial score (nSPS) is 18.0. The maximum atomic E-state index is 12.7. The minimum absolute atomic E-state index is 0.0616. The van der Waals surface area contributed by atoms with E-state index < -0.39 is 0 Å². The van der Waals surface area contributed by atoms with Gasteiger partial charge in [-0.1, -0.05) is 24.3 Å². The van der Waals surface area contributed by atoms with Gasteiger partial charge in [-0.3, -0.25) is 14.4 Å². The van der Waals surface area contributed by atoms with E-state index in [1.807, 2.05) is 6.07 Å². The van der Waals surface area contributed by atoms with Crippen LogP contribution in [0, 0.1) is 0 Å². The predicted molar refractivity (Wildman–Crippen MR) is 122 cm³/mol. The van der Waals surface area contributed by atoms with Crippen molar-refractivity contribution in [3.63, 3.8) is 0 Å². The first kappa shape index (κ1) is 21.6. The topological polar surface area (TPSA) is 76.2 Å². The number of amides is 3. The second-order valence-electron chi connectivity index (χ2n) is 6.82. The van der Waals surface area contributed by atoms with Gasteiger partial charge in [-0.25, -0.2) is 4.90 Å². The molecule has 2 saturated heterocycles. The summed E-state index contributed by atoms with van der Waals surface area (Å²) < 4.78 is 11.6. The molecule has 31 heavy (non-hydrogen) atoms. The third-order valence-electron chi connectivity index (χ3n) is 4.78. The zero-order chi connectivity index (χ0) is 21.8. The molecular weight excluding hydrogens is 484 g/mol. The molecule has 160 valence electrons. The average Bonchev–Trinajstić information content (AvgIpc) is 3.07. The summed E-state index contributed by atoms with van der Waals surface area (Å²) in [6, 6.07) is 14.1. The number of imide groups is 1. The Morgan fingerprint density at radius 2 is 1.87 bits per heavy atom. The zero-order valence-corrected chi connectivity index (χ0v) is 18.9. The van der Waals surface area contributed by atoms with E-state index in [-0.39, 0.29) is 23.7 Å². The van der Waals surface area contributed by atoms with Gasteiger partial charge in [0.05, 0.1) is 28.3 Å². The molecule has 4 rings (SSSR count). The van der Waals surface area contributed by atoms with E-state index in [0.717, 1.165) is 17.3 Å². The van der Waals surface area contributed by atoms with E-state index in [2.05, 4.69) is 15.9 Å². The largest absolute Gasteiger partial charge is 0.483 e. The standard InChI is InChI=1S/C22H19BrN2O5S/c23-17-12-15(6-7-18(17)30-14-20(26)24-8-10-29-11-9-24)13-19-21(27)25(22(28)31-19)16-4-2-1-3-5-16/h1-7,12-13H,8-11,14H2/b19-13-. The van der Waals surface area contributed by atoms with Crippen molar-refractivity contribution in [2.24, 2.45) is 0 Å². The molecule has 0 aromatic heterocycles. The Balaban J connectivity index is 1.43. The molecule has 0 unspecified atom stereocenters. The smallest absolute Gasteiger partial charge is 0.298 e. The second-order valence-corrected chi connectivity index (χ2v) is 8.67. The fraction of sp³-hybridized carbons (Fsp3) is 0.227. The van der Waals surface area contributed by atoms with Crippen LogP contribution in [-0.2, 0) is 14.3 Å². The lowest BCUT2D eigenvalue weighted by molar-refractivity contribution is -0.137. The molecule has 0 N–H and O–H groups in total. The summed E-state index contributed by atoms with van der Waals surface area (Å²) in [6.07, 6.45) is 1.67. The van der Waals surface area contributed by atoms with Crippen molar-refractivity contribution in [3.05, 3.63) is 63.5 Å². The molecule has 0 saturated carbocycles. The highest BCUT2D eigenvalue weighted by Crippen LogP contribution is 2.36. The van der Waals surface area contributed by atoms with Gasteiger partial charge < -0.3 is 14.4 Å². The highest BCUT2D eigenvalue weighted by Gasteiger charge is 2.36. The number of hydrogen-bond donors (Lipinski definition) is 0. The van der Waals surface area contributed by atoms with Crippen LogP contribution in [0.3, 0.4) is 0 Å². The maximum Gasteiger partial charge on any atom is 0.298 e. The molecule has 2 heterocycles. The predicted octanol–water partition coefficient (Wildman–Crippen LogP) is 3.93. The minimum atomic E-state index is -0.353. The van der Waals surface area contributed by atoms with Crippen LogP contribution in [0.2, 0.25) is 0 Å². The lowest BCUT2D eigenvalue weighted by atomic mass is 10.2. The molecule has 7 nitrogen and oxygen atoms in total. The van der Waals surface area contributed by atoms with Crippen molar-refractivity contribution in [1.29, 1.82) is 0 Å². The highest BCUT2D eigenvalue weighted by atomic mass is 79.9. The summed E-state index contributed by atoms with van der Waals surface area (Å²) in [6.45, 7) is 2.16. The summed E-state index contributed by atoms with van der Waals surface area (Å²) in [4.78, 5) is 40.5. The number of morpholine rings is 1. The van der Waals surface area contributed by atoms with E-state index in [9.17, 15) is 14.4 Å². The van der Waals surface area contributed by atoms with Crippen molar-refractivity contribution in [3.8, 4) is 5.75 Å². The number of carbonyl (C=O) groups excluding carboxylic acids is 3. The number of anilines is 1. The van der Waals surface area contributed by atoms with Crippen LogP contribution in [0.1, 0.15) is 5.56 Å². The van der Waals surface area contributed by atoms with Crippen LogP contribution < -0.4 is 9.64 Å². The van der Waals surface area contributed by atoms with Gasteiger partial charge in [-0.05, 0) is 63.6 Å². The molecule has 0 radical (unpaired) electrons. The summed E-state index contributed by atoms with van der Waals surface area (Å²) in [5.74, 6) is 0.0822. The molecule has 2 aromatic carbocycles. The number of ether oxygens (including phenoxy) is 2. The third-order valence-corrected chi connectivity index (χ3v) is 6.27. The third kappa shape index (κ3) is 5.00. The molecule has 0 bridgehead atoms. The lowest BCUT2D eigenvalue weighted by Gasteiger charge is -2.26. The Morgan fingerprint density at radius 1 is 1.13 bits per heavy atom. The number of para-hydroxylation sites is 1. The van der Waals surface area contributed by atoms with Gasteiger partial charge in [0.15, 0.2) is 6.61 Å². The minimum Gasteiger partial charge on any atom is -0.483 e. The summed E-state index contributed by atoms with van der Waals surface area (Å²) in [5, 5.41) is -0.330. The molecule has 9 heteroatoms. The first-order chi connectivity index (χ1) is 15.0. The Morgan fingerprint density at radius 3 is 2.58 bits per heavy atom. The molecule has 2 aromatic rings. The zero-order valence-electron chi connectivity index (χ0n) is 16.5. The van der Waals surface area contributed by atoms with Gasteiger partial charge in [-0.15, -0.1) is 0 Å². The number of benzene rings is 2. The van der Waals surface area contributed by atoms with Crippen LogP contribution in [0.5, 0.6) is 5.75 Å². The van der Waals surface area contributed by atoms with Crippen LogP contribution in [0.15, 0.2) is 57.9 Å². The number of rotatable bonds is 5. The van der Waals surface area contributed by atoms with Gasteiger partial charge in [-0.2, -0.15) is 0 Å².